The average molecular weight is 277 g/mol. The predicted molar refractivity (Wildman–Crippen MR) is 78.2 cm³/mol. The molecule has 0 amide bonds. The highest BCUT2D eigenvalue weighted by atomic mass is 32.1. The molecule has 0 bridgehead atoms. The number of hydrazine groups is 1. The molecule has 0 aliphatic heterocycles. The van der Waals surface area contributed by atoms with Gasteiger partial charge in [-0.2, -0.15) is 0 Å². The molecule has 4 nitrogen and oxygen atoms in total. The van der Waals surface area contributed by atoms with Gasteiger partial charge < -0.3 is 4.74 Å². The second kappa shape index (κ2) is 6.14. The van der Waals surface area contributed by atoms with Crippen LogP contribution in [0.3, 0.4) is 0 Å². The summed E-state index contributed by atoms with van der Waals surface area (Å²) in [6.07, 6.45) is 0.157. The van der Waals surface area contributed by atoms with E-state index in [9.17, 15) is 0 Å². The Bertz CT molecular complexity index is 539. The summed E-state index contributed by atoms with van der Waals surface area (Å²) in [5.74, 6) is 6.56. The van der Waals surface area contributed by atoms with E-state index in [0.717, 1.165) is 21.9 Å². The number of thiazole rings is 1. The van der Waals surface area contributed by atoms with Crippen molar-refractivity contribution in [2.45, 2.75) is 32.9 Å². The third kappa shape index (κ3) is 3.32. The van der Waals surface area contributed by atoms with Gasteiger partial charge >= 0.3 is 0 Å². The van der Waals surface area contributed by atoms with Gasteiger partial charge in [-0.1, -0.05) is 12.1 Å². The Morgan fingerprint density at radius 1 is 1.37 bits per heavy atom. The lowest BCUT2D eigenvalue weighted by Gasteiger charge is -2.17. The van der Waals surface area contributed by atoms with Crippen molar-refractivity contribution in [1.82, 2.24) is 10.4 Å². The van der Waals surface area contributed by atoms with E-state index in [2.05, 4.69) is 10.4 Å². The first-order chi connectivity index (χ1) is 9.11. The molecule has 1 heterocycles. The highest BCUT2D eigenvalue weighted by Gasteiger charge is 2.17. The number of rotatable bonds is 5. The van der Waals surface area contributed by atoms with Crippen LogP contribution < -0.4 is 16.0 Å². The van der Waals surface area contributed by atoms with E-state index in [0.29, 0.717) is 0 Å². The standard InChI is InChI=1S/C14H19N3OS/c1-9(2)18-12-6-4-5-11(7-12)13(17-15)14-10(3)16-8-19-14/h4-9,13,17H,15H2,1-3H3. The maximum absolute atomic E-state index is 5.72. The van der Waals surface area contributed by atoms with E-state index in [4.69, 9.17) is 10.6 Å². The fourth-order valence-corrected chi connectivity index (χ4v) is 2.84. The lowest BCUT2D eigenvalue weighted by molar-refractivity contribution is 0.242. The minimum atomic E-state index is -0.0526. The van der Waals surface area contributed by atoms with Crippen LogP contribution in [0.2, 0.25) is 0 Å². The first-order valence-electron chi connectivity index (χ1n) is 6.24. The number of aryl methyl sites for hydroxylation is 1. The van der Waals surface area contributed by atoms with E-state index < -0.39 is 0 Å². The highest BCUT2D eigenvalue weighted by molar-refractivity contribution is 7.09. The zero-order chi connectivity index (χ0) is 13.8. The van der Waals surface area contributed by atoms with Crippen LogP contribution in [-0.2, 0) is 0 Å². The molecule has 5 heteroatoms. The Labute approximate surface area is 117 Å². The zero-order valence-electron chi connectivity index (χ0n) is 11.4. The molecule has 102 valence electrons. The van der Waals surface area contributed by atoms with E-state index >= 15 is 0 Å². The molecular weight excluding hydrogens is 258 g/mol. The molecule has 0 saturated carbocycles. The third-order valence-corrected chi connectivity index (χ3v) is 3.77. The van der Waals surface area contributed by atoms with Crippen molar-refractivity contribution in [3.8, 4) is 5.75 Å². The van der Waals surface area contributed by atoms with Gasteiger partial charge in [-0.3, -0.25) is 5.84 Å². The molecule has 1 aromatic heterocycles. The first kappa shape index (κ1) is 14.0. The van der Waals surface area contributed by atoms with Crippen LogP contribution in [-0.4, -0.2) is 11.1 Å². The van der Waals surface area contributed by atoms with Crippen molar-refractivity contribution in [1.29, 1.82) is 0 Å². The van der Waals surface area contributed by atoms with Crippen LogP contribution >= 0.6 is 11.3 Å². The SMILES string of the molecule is Cc1ncsc1C(NN)c1cccc(OC(C)C)c1. The molecule has 3 N–H and O–H groups in total. The van der Waals surface area contributed by atoms with E-state index in [1.165, 1.54) is 0 Å². The summed E-state index contributed by atoms with van der Waals surface area (Å²) in [5.41, 5.74) is 6.77. The molecular formula is C14H19N3OS. The summed E-state index contributed by atoms with van der Waals surface area (Å²) in [5, 5.41) is 0. The van der Waals surface area contributed by atoms with Crippen molar-refractivity contribution >= 4 is 11.3 Å². The van der Waals surface area contributed by atoms with E-state index in [-0.39, 0.29) is 12.1 Å². The summed E-state index contributed by atoms with van der Waals surface area (Å²) >= 11 is 1.60. The van der Waals surface area contributed by atoms with Gasteiger partial charge in [-0.15, -0.1) is 11.3 Å². The van der Waals surface area contributed by atoms with E-state index in [1.54, 1.807) is 11.3 Å². The molecule has 0 fully saturated rings. The van der Waals surface area contributed by atoms with Gasteiger partial charge in [0.25, 0.3) is 0 Å². The van der Waals surface area contributed by atoms with Gasteiger partial charge in [0.15, 0.2) is 0 Å². The predicted octanol–water partition coefficient (Wildman–Crippen LogP) is 2.79. The Morgan fingerprint density at radius 3 is 2.74 bits per heavy atom. The summed E-state index contributed by atoms with van der Waals surface area (Å²) in [6, 6.07) is 7.94. The number of nitrogens with zero attached hydrogens (tertiary/aromatic N) is 1. The monoisotopic (exact) mass is 277 g/mol. The number of hydrogen-bond acceptors (Lipinski definition) is 5. The second-order valence-corrected chi connectivity index (χ2v) is 5.53. The smallest absolute Gasteiger partial charge is 0.120 e. The Balaban J connectivity index is 2.31. The molecule has 1 aromatic carbocycles. The summed E-state index contributed by atoms with van der Waals surface area (Å²) in [6.45, 7) is 6.02. The molecule has 1 atom stereocenters. The number of benzene rings is 1. The van der Waals surface area contributed by atoms with Crippen LogP contribution in [0.25, 0.3) is 0 Å². The molecule has 2 aromatic rings. The van der Waals surface area contributed by atoms with Crippen LogP contribution in [0, 0.1) is 6.92 Å². The quantitative estimate of drug-likeness (QED) is 0.651. The normalized spacial score (nSPS) is 12.7. The molecule has 0 spiro atoms. The van der Waals surface area contributed by atoms with Gasteiger partial charge in [-0.05, 0) is 38.5 Å². The van der Waals surface area contributed by atoms with Gasteiger partial charge in [-0.25, -0.2) is 10.4 Å². The van der Waals surface area contributed by atoms with Gasteiger partial charge in [0.05, 0.1) is 28.2 Å². The second-order valence-electron chi connectivity index (χ2n) is 4.64. The minimum Gasteiger partial charge on any atom is -0.491 e. The highest BCUT2D eigenvalue weighted by Crippen LogP contribution is 2.29. The van der Waals surface area contributed by atoms with Crippen molar-refractivity contribution in [2.75, 3.05) is 0 Å². The fourth-order valence-electron chi connectivity index (χ4n) is 1.95. The van der Waals surface area contributed by atoms with Gasteiger partial charge in [0, 0.05) is 0 Å². The zero-order valence-corrected chi connectivity index (χ0v) is 12.2. The fraction of sp³-hybridized carbons (Fsp3) is 0.357. The van der Waals surface area contributed by atoms with Crippen LogP contribution in [0.1, 0.15) is 36.0 Å². The number of nitrogens with one attached hydrogen (secondary N) is 1. The lowest BCUT2D eigenvalue weighted by Crippen LogP contribution is -2.28. The van der Waals surface area contributed by atoms with Gasteiger partial charge in [0.1, 0.15) is 5.75 Å². The maximum atomic E-state index is 5.72. The number of nitrogens with two attached hydrogens (primary N) is 1. The third-order valence-electron chi connectivity index (χ3n) is 2.77. The van der Waals surface area contributed by atoms with E-state index in [1.807, 2.05) is 50.5 Å². The Morgan fingerprint density at radius 2 is 2.16 bits per heavy atom. The lowest BCUT2D eigenvalue weighted by atomic mass is 10.0. The largest absolute Gasteiger partial charge is 0.491 e. The van der Waals surface area contributed by atoms with Gasteiger partial charge in [0.2, 0.25) is 0 Å². The van der Waals surface area contributed by atoms with Crippen molar-refractivity contribution in [2.24, 2.45) is 5.84 Å². The average Bonchev–Trinajstić information content (AvgIpc) is 2.77. The topological polar surface area (TPSA) is 60.2 Å². The molecule has 0 saturated heterocycles. The molecule has 2 rings (SSSR count). The molecule has 0 radical (unpaired) electrons. The number of aromatic nitrogens is 1. The molecule has 0 aliphatic carbocycles. The Hall–Kier alpha value is -1.43. The van der Waals surface area contributed by atoms with Crippen LogP contribution in [0.5, 0.6) is 5.75 Å². The minimum absolute atomic E-state index is 0.0526. The number of ether oxygens (including phenoxy) is 1. The molecule has 19 heavy (non-hydrogen) atoms. The summed E-state index contributed by atoms with van der Waals surface area (Å²) in [4.78, 5) is 5.40. The molecule has 0 aliphatic rings. The Kier molecular flexibility index (Phi) is 4.52. The summed E-state index contributed by atoms with van der Waals surface area (Å²) < 4.78 is 5.72. The van der Waals surface area contributed by atoms with Crippen molar-refractivity contribution in [3.63, 3.8) is 0 Å². The van der Waals surface area contributed by atoms with Crippen molar-refractivity contribution in [3.05, 3.63) is 45.9 Å². The summed E-state index contributed by atoms with van der Waals surface area (Å²) in [7, 11) is 0. The van der Waals surface area contributed by atoms with Crippen LogP contribution in [0.4, 0.5) is 0 Å². The van der Waals surface area contributed by atoms with Crippen LogP contribution in [0.15, 0.2) is 29.8 Å². The van der Waals surface area contributed by atoms with Crippen molar-refractivity contribution < 1.29 is 4.74 Å². The number of hydrogen-bond donors (Lipinski definition) is 2. The first-order valence-corrected chi connectivity index (χ1v) is 7.12. The molecule has 1 unspecified atom stereocenters. The maximum Gasteiger partial charge on any atom is 0.120 e.